The largest absolute Gasteiger partial charge is 0.484 e. The first kappa shape index (κ1) is 37.0. The molecule has 1 atom stereocenters. The highest BCUT2D eigenvalue weighted by Crippen LogP contribution is 2.37. The smallest absolute Gasteiger partial charge is 0.339 e. The molecule has 0 saturated heterocycles. The fourth-order valence-electron chi connectivity index (χ4n) is 4.56. The molecule has 0 aliphatic rings. The van der Waals surface area contributed by atoms with Crippen LogP contribution in [-0.2, 0) is 26.2 Å². The third kappa shape index (κ3) is 9.87. The number of methoxy groups -OCH3 is 1. The number of halogens is 1. The van der Waals surface area contributed by atoms with Gasteiger partial charge in [0.15, 0.2) is 0 Å². The van der Waals surface area contributed by atoms with Gasteiger partial charge in [0.05, 0.1) is 24.1 Å². The molecule has 4 aromatic rings. The molecule has 4 N–H and O–H groups in total. The van der Waals surface area contributed by atoms with Crippen LogP contribution in [0.1, 0.15) is 46.2 Å². The summed E-state index contributed by atoms with van der Waals surface area (Å²) in [5.74, 6) is -1.35. The SMILES string of the molecule is CCS(=O)(=O)Nc1ccc(-c2nn(COCC[Si](C)(C)C)c(Nc3ccc(C(=O)OC)cn3)c2C(N)=O)cc1OC(C)c1ccc(F)cc1. The van der Waals surface area contributed by atoms with Gasteiger partial charge in [-0.05, 0) is 61.9 Å². The van der Waals surface area contributed by atoms with Gasteiger partial charge in [0.1, 0.15) is 47.3 Å². The van der Waals surface area contributed by atoms with E-state index in [0.29, 0.717) is 17.7 Å². The first-order valence-corrected chi connectivity index (χ1v) is 20.8. The molecule has 1 unspecified atom stereocenters. The maximum Gasteiger partial charge on any atom is 0.339 e. The predicted octanol–water partition coefficient (Wildman–Crippen LogP) is 5.93. The number of hydrogen-bond donors (Lipinski definition) is 3. The van der Waals surface area contributed by atoms with Gasteiger partial charge >= 0.3 is 5.97 Å². The number of nitrogens with two attached hydrogens (primary N) is 1. The van der Waals surface area contributed by atoms with Crippen molar-refractivity contribution in [2.75, 3.05) is 29.5 Å². The third-order valence-electron chi connectivity index (χ3n) is 7.38. The van der Waals surface area contributed by atoms with E-state index in [-0.39, 0.29) is 52.4 Å². The molecule has 2 aromatic heterocycles. The van der Waals surface area contributed by atoms with E-state index < -0.39 is 41.9 Å². The molecule has 16 heteroatoms. The van der Waals surface area contributed by atoms with Crippen LogP contribution in [0.25, 0.3) is 11.3 Å². The van der Waals surface area contributed by atoms with Crippen LogP contribution in [0.4, 0.5) is 21.7 Å². The van der Waals surface area contributed by atoms with Crippen LogP contribution < -0.4 is 20.5 Å². The van der Waals surface area contributed by atoms with Crippen molar-refractivity contribution in [2.24, 2.45) is 5.73 Å². The highest BCUT2D eigenvalue weighted by atomic mass is 32.2. The molecular weight excluding hydrogens is 672 g/mol. The second-order valence-electron chi connectivity index (χ2n) is 12.4. The van der Waals surface area contributed by atoms with Gasteiger partial charge in [0, 0.05) is 26.4 Å². The summed E-state index contributed by atoms with van der Waals surface area (Å²) in [7, 11) is -3.85. The lowest BCUT2D eigenvalue weighted by Crippen LogP contribution is -2.22. The number of carbonyl (C=O) groups is 2. The van der Waals surface area contributed by atoms with Gasteiger partial charge in [-0.3, -0.25) is 9.52 Å². The number of pyridine rings is 1. The molecular formula is C33H41FN6O7SSi. The molecule has 2 heterocycles. The minimum atomic E-state index is -3.70. The molecule has 0 saturated carbocycles. The monoisotopic (exact) mass is 712 g/mol. The fraction of sp³-hybridized carbons (Fsp3) is 0.333. The zero-order valence-electron chi connectivity index (χ0n) is 28.2. The van der Waals surface area contributed by atoms with E-state index in [1.165, 1.54) is 55.2 Å². The van der Waals surface area contributed by atoms with Crippen LogP contribution in [0.5, 0.6) is 5.75 Å². The van der Waals surface area contributed by atoms with Crippen molar-refractivity contribution < 1.29 is 36.6 Å². The third-order valence-corrected chi connectivity index (χ3v) is 10.4. The molecule has 1 amide bonds. The molecule has 0 spiro atoms. The number of primary amides is 1. The quantitative estimate of drug-likeness (QED) is 0.0717. The number of rotatable bonds is 16. The Morgan fingerprint density at radius 3 is 2.39 bits per heavy atom. The predicted molar refractivity (Wildman–Crippen MR) is 188 cm³/mol. The number of hydrogen-bond acceptors (Lipinski definition) is 10. The fourth-order valence-corrected chi connectivity index (χ4v) is 5.96. The number of anilines is 3. The lowest BCUT2D eigenvalue weighted by molar-refractivity contribution is 0.0600. The van der Waals surface area contributed by atoms with Crippen LogP contribution in [0, 0.1) is 5.82 Å². The zero-order valence-corrected chi connectivity index (χ0v) is 30.1. The molecule has 262 valence electrons. The number of benzene rings is 2. The zero-order chi connectivity index (χ0) is 35.9. The van der Waals surface area contributed by atoms with Crippen LogP contribution in [0.2, 0.25) is 25.7 Å². The lowest BCUT2D eigenvalue weighted by atomic mass is 10.1. The summed E-state index contributed by atoms with van der Waals surface area (Å²) in [4.78, 5) is 29.3. The average molecular weight is 713 g/mol. The summed E-state index contributed by atoms with van der Waals surface area (Å²) in [6.45, 7) is 10.4. The highest BCUT2D eigenvalue weighted by Gasteiger charge is 2.26. The first-order chi connectivity index (χ1) is 23.1. The molecule has 0 aliphatic heterocycles. The summed E-state index contributed by atoms with van der Waals surface area (Å²) < 4.78 is 59.6. The van der Waals surface area contributed by atoms with Crippen LogP contribution in [-0.4, -0.2) is 62.6 Å². The molecule has 0 radical (unpaired) electrons. The summed E-state index contributed by atoms with van der Waals surface area (Å²) in [6, 6.07) is 14.3. The van der Waals surface area contributed by atoms with E-state index in [9.17, 15) is 22.4 Å². The molecule has 0 bridgehead atoms. The van der Waals surface area contributed by atoms with E-state index in [2.05, 4.69) is 34.7 Å². The summed E-state index contributed by atoms with van der Waals surface area (Å²) in [5, 5.41) is 7.79. The van der Waals surface area contributed by atoms with E-state index in [4.69, 9.17) is 25.0 Å². The number of carbonyl (C=O) groups excluding carboxylic acids is 2. The van der Waals surface area contributed by atoms with Gasteiger partial charge in [-0.2, -0.15) is 5.10 Å². The Balaban J connectivity index is 1.81. The number of amides is 1. The van der Waals surface area contributed by atoms with Crippen molar-refractivity contribution in [1.29, 1.82) is 0 Å². The van der Waals surface area contributed by atoms with Crippen molar-refractivity contribution in [1.82, 2.24) is 14.8 Å². The summed E-state index contributed by atoms with van der Waals surface area (Å²) in [6.07, 6.45) is 0.705. The van der Waals surface area contributed by atoms with Crippen LogP contribution in [0.15, 0.2) is 60.8 Å². The first-order valence-electron chi connectivity index (χ1n) is 15.5. The van der Waals surface area contributed by atoms with Crippen molar-refractivity contribution in [3.05, 3.63) is 83.3 Å². The van der Waals surface area contributed by atoms with E-state index in [0.717, 1.165) is 6.04 Å². The Morgan fingerprint density at radius 1 is 1.08 bits per heavy atom. The van der Waals surface area contributed by atoms with Gasteiger partial charge < -0.3 is 25.3 Å². The molecule has 49 heavy (non-hydrogen) atoms. The normalized spacial score (nSPS) is 12.3. The topological polar surface area (TPSA) is 177 Å². The van der Waals surface area contributed by atoms with Gasteiger partial charge in [-0.1, -0.05) is 37.8 Å². The minimum Gasteiger partial charge on any atom is -0.484 e. The maximum atomic E-state index is 13.6. The molecule has 2 aromatic carbocycles. The highest BCUT2D eigenvalue weighted by molar-refractivity contribution is 7.92. The Morgan fingerprint density at radius 2 is 1.80 bits per heavy atom. The Hall–Kier alpha value is -4.80. The Bertz CT molecular complexity index is 1900. The standard InChI is InChI=1S/C33H41FN6O7SSi/c1-7-48(43,44)39-26-14-10-23(18-27(26)47-21(2)22-8-12-25(34)13-9-22)30-29(31(35)41)32(40(38-30)20-46-16-17-49(4,5)6)37-28-15-11-24(19-36-28)33(42)45-3/h8-15,18-19,21,39H,7,16-17,20H2,1-6H3,(H2,35,41)(H,36,37). The van der Waals surface area contributed by atoms with Crippen LogP contribution >= 0.6 is 0 Å². The molecule has 4 rings (SSSR count). The second kappa shape index (κ2) is 15.6. The van der Waals surface area contributed by atoms with Crippen molar-refractivity contribution >= 4 is 47.3 Å². The molecule has 0 aliphatic carbocycles. The van der Waals surface area contributed by atoms with Gasteiger partial charge in [0.25, 0.3) is 5.91 Å². The number of sulfonamides is 1. The van der Waals surface area contributed by atoms with Crippen molar-refractivity contribution in [2.45, 2.75) is 52.4 Å². The number of esters is 1. The summed E-state index contributed by atoms with van der Waals surface area (Å²) in [5.41, 5.74) is 7.53. The maximum absolute atomic E-state index is 13.6. The van der Waals surface area contributed by atoms with E-state index in [1.54, 1.807) is 31.2 Å². The van der Waals surface area contributed by atoms with E-state index >= 15 is 0 Å². The number of nitrogens with one attached hydrogen (secondary N) is 2. The number of nitrogens with zero attached hydrogens (tertiary/aromatic N) is 3. The average Bonchev–Trinajstić information content (AvgIpc) is 3.41. The Labute approximate surface area is 286 Å². The van der Waals surface area contributed by atoms with E-state index in [1.807, 2.05) is 0 Å². The second-order valence-corrected chi connectivity index (χ2v) is 20.0. The number of aromatic nitrogens is 3. The molecule has 13 nitrogen and oxygen atoms in total. The summed E-state index contributed by atoms with van der Waals surface area (Å²) >= 11 is 0. The van der Waals surface area contributed by atoms with Crippen molar-refractivity contribution in [3.8, 4) is 17.0 Å². The van der Waals surface area contributed by atoms with Gasteiger partial charge in [-0.15, -0.1) is 0 Å². The lowest BCUT2D eigenvalue weighted by Gasteiger charge is -2.19. The number of ether oxygens (including phenoxy) is 3. The van der Waals surface area contributed by atoms with Gasteiger partial charge in [-0.25, -0.2) is 27.3 Å². The minimum absolute atomic E-state index is 0.00654. The van der Waals surface area contributed by atoms with Gasteiger partial charge in [0.2, 0.25) is 10.0 Å². The van der Waals surface area contributed by atoms with Crippen LogP contribution in [0.3, 0.4) is 0 Å². The molecule has 0 fully saturated rings. The Kier molecular flexibility index (Phi) is 11.8. The van der Waals surface area contributed by atoms with Crippen molar-refractivity contribution in [3.63, 3.8) is 0 Å².